The summed E-state index contributed by atoms with van der Waals surface area (Å²) in [6.07, 6.45) is 0.444. The third kappa shape index (κ3) is 5.29. The molecule has 0 amide bonds. The minimum Gasteiger partial charge on any atom is -0.481 e. The van der Waals surface area contributed by atoms with E-state index in [-0.39, 0.29) is 41.7 Å². The van der Waals surface area contributed by atoms with Gasteiger partial charge in [0.1, 0.15) is 11.6 Å². The van der Waals surface area contributed by atoms with E-state index in [9.17, 15) is 14.3 Å². The minimum absolute atomic E-state index is 0.0532. The van der Waals surface area contributed by atoms with Gasteiger partial charge in [0.2, 0.25) is 0 Å². The second-order valence-electron chi connectivity index (χ2n) is 9.38. The van der Waals surface area contributed by atoms with Gasteiger partial charge in [0.25, 0.3) is 0 Å². The van der Waals surface area contributed by atoms with E-state index in [0.717, 1.165) is 5.69 Å². The number of pyridine rings is 1. The molecule has 192 valence electrons. The van der Waals surface area contributed by atoms with Crippen LogP contribution in [0.2, 0.25) is 5.02 Å². The highest BCUT2D eigenvalue weighted by Gasteiger charge is 2.45. The highest BCUT2D eigenvalue weighted by atomic mass is 35.5. The fraction of sp³-hybridized carbons (Fsp3) is 0.400. The second-order valence-corrected chi connectivity index (χ2v) is 9.78. The summed E-state index contributed by atoms with van der Waals surface area (Å²) in [4.78, 5) is 19.0. The van der Waals surface area contributed by atoms with E-state index in [1.54, 1.807) is 25.2 Å². The molecule has 1 aromatic carbocycles. The second kappa shape index (κ2) is 10.4. The number of aliphatic carboxylic acids is 1. The van der Waals surface area contributed by atoms with E-state index in [1.165, 1.54) is 12.1 Å². The number of benzene rings is 1. The zero-order valence-corrected chi connectivity index (χ0v) is 21.1. The maximum atomic E-state index is 15.3. The van der Waals surface area contributed by atoms with Crippen LogP contribution in [0.4, 0.5) is 26.1 Å². The van der Waals surface area contributed by atoms with Gasteiger partial charge in [-0.2, -0.15) is 5.10 Å². The Morgan fingerprint density at radius 2 is 2.08 bits per heavy atom. The summed E-state index contributed by atoms with van der Waals surface area (Å²) in [5.74, 6) is -1.19. The third-order valence-electron chi connectivity index (χ3n) is 6.81. The molecule has 0 unspecified atom stereocenters. The number of anilines is 3. The fourth-order valence-corrected chi connectivity index (χ4v) is 5.00. The zero-order valence-electron chi connectivity index (χ0n) is 20.3. The van der Waals surface area contributed by atoms with Crippen molar-refractivity contribution in [1.29, 1.82) is 0 Å². The van der Waals surface area contributed by atoms with Crippen LogP contribution in [-0.4, -0.2) is 50.8 Å². The van der Waals surface area contributed by atoms with Gasteiger partial charge in [0, 0.05) is 49.4 Å². The van der Waals surface area contributed by atoms with Crippen molar-refractivity contribution in [2.24, 2.45) is 5.41 Å². The summed E-state index contributed by atoms with van der Waals surface area (Å²) in [6, 6.07) is 7.96. The first kappa shape index (κ1) is 25.8. The summed E-state index contributed by atoms with van der Waals surface area (Å²) in [5, 5.41) is 23.1. The Morgan fingerprint density at radius 3 is 2.72 bits per heavy atom. The lowest BCUT2D eigenvalue weighted by atomic mass is 9.72. The van der Waals surface area contributed by atoms with Gasteiger partial charge in [-0.1, -0.05) is 23.7 Å². The number of nitrogens with zero attached hydrogens (tertiary/aromatic N) is 3. The van der Waals surface area contributed by atoms with E-state index >= 15 is 4.39 Å². The highest BCUT2D eigenvalue weighted by Crippen LogP contribution is 2.40. The van der Waals surface area contributed by atoms with Gasteiger partial charge in [-0.25, -0.2) is 13.8 Å². The summed E-state index contributed by atoms with van der Waals surface area (Å²) < 4.78 is 29.7. The quantitative estimate of drug-likeness (QED) is 0.327. The van der Waals surface area contributed by atoms with Crippen molar-refractivity contribution >= 4 is 34.9 Å². The van der Waals surface area contributed by atoms with Gasteiger partial charge in [-0.05, 0) is 39.3 Å². The maximum Gasteiger partial charge on any atom is 0.310 e. The van der Waals surface area contributed by atoms with Crippen molar-refractivity contribution in [3.8, 4) is 0 Å². The van der Waals surface area contributed by atoms with E-state index in [4.69, 9.17) is 11.6 Å². The molecule has 0 spiro atoms. The lowest BCUT2D eigenvalue weighted by Gasteiger charge is -2.43. The van der Waals surface area contributed by atoms with Gasteiger partial charge in [0.15, 0.2) is 11.6 Å². The molecule has 0 aliphatic carbocycles. The van der Waals surface area contributed by atoms with Crippen LogP contribution in [-0.2, 0) is 17.8 Å². The molecule has 36 heavy (non-hydrogen) atoms. The maximum absolute atomic E-state index is 15.3. The Balaban J connectivity index is 1.57. The van der Waals surface area contributed by atoms with E-state index < -0.39 is 23.0 Å². The normalized spacial score (nSPS) is 20.3. The Bertz CT molecular complexity index is 1270. The summed E-state index contributed by atoms with van der Waals surface area (Å²) in [5.41, 5.74) is 0.342. The van der Waals surface area contributed by atoms with E-state index in [1.807, 2.05) is 18.7 Å². The number of nitrogens with one attached hydrogen (secondary N) is 3. The predicted molar refractivity (Wildman–Crippen MR) is 135 cm³/mol. The van der Waals surface area contributed by atoms with Crippen LogP contribution in [0, 0.1) is 24.0 Å². The highest BCUT2D eigenvalue weighted by molar-refractivity contribution is 6.30. The number of likely N-dealkylation sites (tertiary alicyclic amines) is 1. The molecule has 1 fully saturated rings. The molecule has 11 heteroatoms. The van der Waals surface area contributed by atoms with Crippen LogP contribution in [0.3, 0.4) is 0 Å². The molecule has 2 atom stereocenters. The third-order valence-corrected chi connectivity index (χ3v) is 7.10. The number of carbonyl (C=O) groups is 1. The molecule has 1 saturated heterocycles. The summed E-state index contributed by atoms with van der Waals surface area (Å²) >= 11 is 5.92. The average Bonchev–Trinajstić information content (AvgIpc) is 3.24. The number of halogens is 3. The lowest BCUT2D eigenvalue weighted by molar-refractivity contribution is -0.153. The number of piperidine rings is 1. The van der Waals surface area contributed by atoms with Crippen LogP contribution < -0.4 is 10.6 Å². The number of aromatic amines is 1. The fourth-order valence-electron chi connectivity index (χ4n) is 4.81. The Hall–Kier alpha value is -3.24. The molecule has 0 saturated carbocycles. The van der Waals surface area contributed by atoms with Crippen LogP contribution in [0.15, 0.2) is 30.3 Å². The van der Waals surface area contributed by atoms with Gasteiger partial charge in [0.05, 0.1) is 21.8 Å². The molecule has 4 rings (SSSR count). The van der Waals surface area contributed by atoms with Gasteiger partial charge < -0.3 is 15.7 Å². The molecule has 3 aromatic rings. The molecule has 2 aromatic heterocycles. The lowest BCUT2D eigenvalue weighted by Crippen LogP contribution is -2.50. The zero-order chi connectivity index (χ0) is 26.0. The van der Waals surface area contributed by atoms with E-state index in [0.29, 0.717) is 30.3 Å². The summed E-state index contributed by atoms with van der Waals surface area (Å²) in [6.45, 7) is 4.47. The molecule has 8 nitrogen and oxygen atoms in total. The van der Waals surface area contributed by atoms with Crippen molar-refractivity contribution < 1.29 is 18.7 Å². The van der Waals surface area contributed by atoms with Crippen molar-refractivity contribution in [2.45, 2.75) is 45.7 Å². The first-order chi connectivity index (χ1) is 17.1. The Kier molecular flexibility index (Phi) is 7.46. The van der Waals surface area contributed by atoms with Gasteiger partial charge >= 0.3 is 5.97 Å². The molecule has 0 radical (unpaired) electrons. The van der Waals surface area contributed by atoms with Gasteiger partial charge in [-0.15, -0.1) is 0 Å². The largest absolute Gasteiger partial charge is 0.481 e. The predicted octanol–water partition coefficient (Wildman–Crippen LogP) is 5.13. The minimum atomic E-state index is -1.22. The first-order valence-electron chi connectivity index (χ1n) is 11.7. The van der Waals surface area contributed by atoms with Crippen LogP contribution in [0.25, 0.3) is 0 Å². The molecule has 4 N–H and O–H groups in total. The Morgan fingerprint density at radius 1 is 1.31 bits per heavy atom. The molecule has 0 bridgehead atoms. The number of aryl methyl sites for hydroxylation is 1. The smallest absolute Gasteiger partial charge is 0.310 e. The molecule has 1 aliphatic heterocycles. The number of rotatable bonds is 8. The molecular formula is C25H29ClF2N6O2. The standard InChI is InChI=1S/C25H29ClF2N6O2/c1-14-9-21(33-32-14)31-20-10-18(29-3)23(28)19(30-20)12-25(24(35)36)7-8-34(15(2)11-25)13-16-5-4-6-17(26)22(16)27/h4-6,9-10,15H,7-8,11-13H2,1-3H3,(H,35,36)(H3,29,30,31,32,33)/t15-,25-/m1/s1. The van der Waals surface area contributed by atoms with E-state index in [2.05, 4.69) is 25.8 Å². The molecule has 1 aliphatic rings. The van der Waals surface area contributed by atoms with Crippen molar-refractivity contribution in [3.05, 3.63) is 63.9 Å². The Labute approximate surface area is 213 Å². The van der Waals surface area contributed by atoms with Crippen molar-refractivity contribution in [1.82, 2.24) is 20.1 Å². The first-order valence-corrected chi connectivity index (χ1v) is 12.1. The number of hydrogen-bond donors (Lipinski definition) is 4. The summed E-state index contributed by atoms with van der Waals surface area (Å²) in [7, 11) is 1.59. The van der Waals surface area contributed by atoms with Gasteiger partial charge in [-0.3, -0.25) is 14.8 Å². The van der Waals surface area contributed by atoms with Crippen LogP contribution in [0.1, 0.15) is 36.7 Å². The molecule has 3 heterocycles. The number of H-pyrrole nitrogens is 1. The number of carboxylic acid groups (broad SMARTS) is 1. The average molecular weight is 519 g/mol. The number of aromatic nitrogens is 3. The molecular weight excluding hydrogens is 490 g/mol. The van der Waals surface area contributed by atoms with Crippen LogP contribution in [0.5, 0.6) is 0 Å². The number of hydrogen-bond acceptors (Lipinski definition) is 6. The topological polar surface area (TPSA) is 106 Å². The van der Waals surface area contributed by atoms with Crippen LogP contribution >= 0.6 is 11.6 Å². The van der Waals surface area contributed by atoms with Crippen molar-refractivity contribution in [3.63, 3.8) is 0 Å². The van der Waals surface area contributed by atoms with Crippen molar-refractivity contribution in [2.75, 3.05) is 24.2 Å². The number of carboxylic acids is 1. The SMILES string of the molecule is CNc1cc(Nc2cc(C)[nH]n2)nc(C[C@@]2(C(=O)O)CCN(Cc3cccc(Cl)c3F)[C@H](C)C2)c1F. The monoisotopic (exact) mass is 518 g/mol.